The Morgan fingerprint density at radius 3 is 2.82 bits per heavy atom. The van der Waals surface area contributed by atoms with E-state index in [-0.39, 0.29) is 11.7 Å². The van der Waals surface area contributed by atoms with Crippen LogP contribution in [0.5, 0.6) is 5.75 Å². The second-order valence-corrected chi connectivity index (χ2v) is 8.65. The Morgan fingerprint density at radius 2 is 2.06 bits per heavy atom. The van der Waals surface area contributed by atoms with Gasteiger partial charge >= 0.3 is 0 Å². The lowest BCUT2D eigenvalue weighted by molar-refractivity contribution is 0.0904. The topological polar surface area (TPSA) is 66.6 Å². The highest BCUT2D eigenvalue weighted by Crippen LogP contribution is 2.22. The number of aromatic amines is 1. The molecule has 2 N–H and O–H groups in total. The van der Waals surface area contributed by atoms with E-state index in [9.17, 15) is 4.79 Å². The molecule has 0 radical (unpaired) electrons. The van der Waals surface area contributed by atoms with Crippen molar-refractivity contribution in [3.8, 4) is 5.75 Å². The van der Waals surface area contributed by atoms with Crippen molar-refractivity contribution in [1.82, 2.24) is 9.88 Å². The van der Waals surface area contributed by atoms with E-state index in [1.165, 1.54) is 5.56 Å². The molecule has 7 heteroatoms. The van der Waals surface area contributed by atoms with Crippen LogP contribution < -0.4 is 15.6 Å². The zero-order chi connectivity index (χ0) is 23.2. The van der Waals surface area contributed by atoms with Crippen LogP contribution >= 0.6 is 12.2 Å². The van der Waals surface area contributed by atoms with Crippen LogP contribution in [-0.4, -0.2) is 40.9 Å². The Morgan fingerprint density at radius 1 is 1.21 bits per heavy atom. The molecular formula is C26H31N3O3S. The summed E-state index contributed by atoms with van der Waals surface area (Å²) in [4.78, 5) is 17.9. The first-order valence-corrected chi connectivity index (χ1v) is 12.0. The molecule has 6 nitrogen and oxygen atoms in total. The molecule has 0 amide bonds. The van der Waals surface area contributed by atoms with Gasteiger partial charge < -0.3 is 24.7 Å². The summed E-state index contributed by atoms with van der Waals surface area (Å²) in [7, 11) is 0. The van der Waals surface area contributed by atoms with E-state index < -0.39 is 0 Å². The lowest BCUT2D eigenvalue weighted by Crippen LogP contribution is -2.40. The number of ether oxygens (including phenoxy) is 2. The highest BCUT2D eigenvalue weighted by atomic mass is 32.1. The van der Waals surface area contributed by atoms with Crippen LogP contribution in [0.15, 0.2) is 53.3 Å². The number of nitrogens with one attached hydrogen (secondary N) is 2. The number of H-pyrrole nitrogens is 1. The van der Waals surface area contributed by atoms with Crippen molar-refractivity contribution >= 4 is 33.9 Å². The third-order valence-electron chi connectivity index (χ3n) is 5.94. The van der Waals surface area contributed by atoms with Crippen molar-refractivity contribution in [1.29, 1.82) is 0 Å². The fourth-order valence-corrected chi connectivity index (χ4v) is 4.46. The first-order valence-electron chi connectivity index (χ1n) is 11.6. The number of anilines is 1. The molecule has 3 aromatic rings. The summed E-state index contributed by atoms with van der Waals surface area (Å²) in [6.45, 7) is 6.47. The van der Waals surface area contributed by atoms with E-state index in [1.54, 1.807) is 0 Å². The van der Waals surface area contributed by atoms with E-state index >= 15 is 0 Å². The Kier molecular flexibility index (Phi) is 7.62. The Labute approximate surface area is 199 Å². The van der Waals surface area contributed by atoms with Gasteiger partial charge in [-0.15, -0.1) is 0 Å². The van der Waals surface area contributed by atoms with Crippen LogP contribution in [0.25, 0.3) is 10.9 Å². The third kappa shape index (κ3) is 5.72. The number of para-hydroxylation sites is 1. The molecule has 4 rings (SSSR count). The van der Waals surface area contributed by atoms with E-state index in [0.29, 0.717) is 30.4 Å². The van der Waals surface area contributed by atoms with Gasteiger partial charge in [0.1, 0.15) is 5.75 Å². The van der Waals surface area contributed by atoms with Crippen LogP contribution in [0.4, 0.5) is 5.69 Å². The highest BCUT2D eigenvalue weighted by Gasteiger charge is 2.22. The van der Waals surface area contributed by atoms with E-state index in [2.05, 4.69) is 23.3 Å². The zero-order valence-corrected chi connectivity index (χ0v) is 20.0. The lowest BCUT2D eigenvalue weighted by Gasteiger charge is -2.28. The molecule has 0 unspecified atom stereocenters. The predicted octanol–water partition coefficient (Wildman–Crippen LogP) is 4.87. The van der Waals surface area contributed by atoms with Crippen molar-refractivity contribution in [3.05, 3.63) is 70.0 Å². The second kappa shape index (κ2) is 10.8. The van der Waals surface area contributed by atoms with Crippen LogP contribution in [0.1, 0.15) is 37.8 Å². The molecule has 1 aliphatic heterocycles. The second-order valence-electron chi connectivity index (χ2n) is 8.26. The third-order valence-corrected chi connectivity index (χ3v) is 6.30. The normalized spacial score (nSPS) is 15.5. The number of hydrogen-bond donors (Lipinski definition) is 2. The van der Waals surface area contributed by atoms with Gasteiger partial charge in [-0.2, -0.15) is 0 Å². The largest absolute Gasteiger partial charge is 0.494 e. The number of aryl methyl sites for hydroxylation is 1. The summed E-state index contributed by atoms with van der Waals surface area (Å²) >= 11 is 5.82. The molecule has 1 aromatic heterocycles. The summed E-state index contributed by atoms with van der Waals surface area (Å²) in [6.07, 6.45) is 3.06. The molecule has 0 saturated carbocycles. The van der Waals surface area contributed by atoms with Gasteiger partial charge in [0, 0.05) is 35.3 Å². The van der Waals surface area contributed by atoms with E-state index in [4.69, 9.17) is 21.7 Å². The quantitative estimate of drug-likeness (QED) is 0.463. The smallest absolute Gasteiger partial charge is 0.253 e. The number of rotatable bonds is 8. The van der Waals surface area contributed by atoms with Crippen molar-refractivity contribution in [3.63, 3.8) is 0 Å². The van der Waals surface area contributed by atoms with Crippen LogP contribution in [0.2, 0.25) is 0 Å². The fourth-order valence-electron chi connectivity index (χ4n) is 4.21. The molecule has 0 aliphatic carbocycles. The van der Waals surface area contributed by atoms with Gasteiger partial charge in [0.05, 0.1) is 19.3 Å². The molecule has 1 atom stereocenters. The van der Waals surface area contributed by atoms with Crippen LogP contribution in [0, 0.1) is 0 Å². The standard InChI is InChI=1S/C26H31N3O3S/c1-3-18-8-5-6-10-23(18)28-26(33)29(17-22-9-7-13-32-22)16-20-14-19-15-21(31-4-2)11-12-24(19)27-25(20)30/h5-6,8,10-12,14-15,22H,3-4,7,9,13,16-17H2,1-2H3,(H,27,30)(H,28,33)/t22-/m1/s1. The molecule has 1 aliphatic rings. The first kappa shape index (κ1) is 23.3. The Hall–Kier alpha value is -2.90. The van der Waals surface area contributed by atoms with Crippen LogP contribution in [0.3, 0.4) is 0 Å². The number of benzene rings is 2. The van der Waals surface area contributed by atoms with Gasteiger partial charge in [-0.25, -0.2) is 0 Å². The summed E-state index contributed by atoms with van der Waals surface area (Å²) in [5, 5.41) is 4.93. The fraction of sp³-hybridized carbons (Fsp3) is 0.385. The van der Waals surface area contributed by atoms with Gasteiger partial charge in [0.2, 0.25) is 0 Å². The number of aromatic nitrogens is 1. The van der Waals surface area contributed by atoms with Crippen molar-refractivity contribution in [2.24, 2.45) is 0 Å². The van der Waals surface area contributed by atoms with E-state index in [0.717, 1.165) is 48.2 Å². The highest BCUT2D eigenvalue weighted by molar-refractivity contribution is 7.80. The minimum absolute atomic E-state index is 0.107. The van der Waals surface area contributed by atoms with Gasteiger partial charge in [-0.1, -0.05) is 25.1 Å². The molecule has 174 valence electrons. The summed E-state index contributed by atoms with van der Waals surface area (Å²) < 4.78 is 11.5. The monoisotopic (exact) mass is 465 g/mol. The van der Waals surface area contributed by atoms with E-state index in [1.807, 2.05) is 54.3 Å². The molecule has 1 fully saturated rings. The Balaban J connectivity index is 1.61. The molecule has 0 spiro atoms. The first-order chi connectivity index (χ1) is 16.1. The van der Waals surface area contributed by atoms with Gasteiger partial charge in [-0.05, 0) is 74.3 Å². The minimum Gasteiger partial charge on any atom is -0.494 e. The number of pyridine rings is 1. The maximum Gasteiger partial charge on any atom is 0.253 e. The maximum absolute atomic E-state index is 12.9. The molecule has 2 heterocycles. The number of hydrogen-bond acceptors (Lipinski definition) is 4. The van der Waals surface area contributed by atoms with Gasteiger partial charge in [0.15, 0.2) is 5.11 Å². The zero-order valence-electron chi connectivity index (χ0n) is 19.2. The average molecular weight is 466 g/mol. The number of nitrogens with zero attached hydrogens (tertiary/aromatic N) is 1. The number of thiocarbonyl (C=S) groups is 1. The van der Waals surface area contributed by atoms with Crippen molar-refractivity contribution in [2.75, 3.05) is 25.1 Å². The van der Waals surface area contributed by atoms with Crippen molar-refractivity contribution < 1.29 is 9.47 Å². The summed E-state index contributed by atoms with van der Waals surface area (Å²) in [6, 6.07) is 15.8. The van der Waals surface area contributed by atoms with Gasteiger partial charge in [-0.3, -0.25) is 4.79 Å². The predicted molar refractivity (Wildman–Crippen MR) is 137 cm³/mol. The summed E-state index contributed by atoms with van der Waals surface area (Å²) in [5.41, 5.74) is 3.53. The number of fused-ring (bicyclic) bond motifs is 1. The summed E-state index contributed by atoms with van der Waals surface area (Å²) in [5.74, 6) is 0.785. The maximum atomic E-state index is 12.9. The lowest BCUT2D eigenvalue weighted by atomic mass is 10.1. The van der Waals surface area contributed by atoms with Gasteiger partial charge in [0.25, 0.3) is 5.56 Å². The van der Waals surface area contributed by atoms with Crippen molar-refractivity contribution in [2.45, 2.75) is 45.8 Å². The molecule has 1 saturated heterocycles. The minimum atomic E-state index is -0.110. The SMILES string of the molecule is CCOc1ccc2[nH]c(=O)c(CN(C[C@H]3CCCO3)C(=S)Nc3ccccc3CC)cc2c1. The molecular weight excluding hydrogens is 434 g/mol. The van der Waals surface area contributed by atoms with Crippen LogP contribution in [-0.2, 0) is 17.7 Å². The molecule has 0 bridgehead atoms. The molecule has 2 aromatic carbocycles. The average Bonchev–Trinajstić information content (AvgIpc) is 3.33. The molecule has 33 heavy (non-hydrogen) atoms. The Bertz CT molecular complexity index is 1170.